The molecule has 0 aliphatic carbocycles. The van der Waals surface area contributed by atoms with Gasteiger partial charge in [0.1, 0.15) is 28.7 Å². The highest BCUT2D eigenvalue weighted by Crippen LogP contribution is 2.43. The van der Waals surface area contributed by atoms with Crippen molar-refractivity contribution >= 4 is 62.9 Å². The first kappa shape index (κ1) is 29.6. The van der Waals surface area contributed by atoms with Crippen molar-refractivity contribution in [3.05, 3.63) is 58.6 Å². The van der Waals surface area contributed by atoms with Gasteiger partial charge in [-0.05, 0) is 60.7 Å². The number of halogens is 1. The van der Waals surface area contributed by atoms with Gasteiger partial charge in [0.15, 0.2) is 5.82 Å². The monoisotopic (exact) mass is 599 g/mol. The lowest BCUT2D eigenvalue weighted by atomic mass is 10.1. The predicted octanol–water partition coefficient (Wildman–Crippen LogP) is 4.80. The fraction of sp³-hybridized carbons (Fsp3) is 0.286. The number of fused-ring (bicyclic) bond motifs is 1. The molecule has 0 spiro atoms. The third kappa shape index (κ3) is 5.89. The van der Waals surface area contributed by atoms with Crippen LogP contribution >= 0.6 is 35.1 Å². The molecule has 5 rings (SSSR count). The van der Waals surface area contributed by atoms with Crippen molar-refractivity contribution in [2.75, 3.05) is 45.4 Å². The van der Waals surface area contributed by atoms with Gasteiger partial charge in [-0.2, -0.15) is 0 Å². The molecule has 9 nitrogen and oxygen atoms in total. The van der Waals surface area contributed by atoms with Crippen LogP contribution in [0.3, 0.4) is 0 Å². The van der Waals surface area contributed by atoms with Gasteiger partial charge >= 0.3 is 0 Å². The molecule has 0 saturated heterocycles. The Morgan fingerprint density at radius 3 is 2.42 bits per heavy atom. The smallest absolute Gasteiger partial charge is 0.275 e. The molecule has 0 fully saturated rings. The molecule has 0 bridgehead atoms. The number of hydrogen-bond donors (Lipinski definition) is 2. The minimum absolute atomic E-state index is 0. The van der Waals surface area contributed by atoms with E-state index in [2.05, 4.69) is 10.6 Å². The Kier molecular flexibility index (Phi) is 9.54. The standard InChI is InChI=1S/C28H29N5O4S2.ClH/c1-16-21-25(33(3)22-17(2)26(34)32-27(22)35)30-24(20-6-5-15-38-20)31-28(21)39-23(16)18-7-9-19(10-8-18)37-14-12-29-11-13-36-4;/h5-10,15,29H,11-14H2,1-4H3,(H,32,34,35);1H. The molecular weight excluding hydrogens is 570 g/mol. The number of amides is 2. The highest BCUT2D eigenvalue weighted by atomic mass is 35.5. The first-order valence-corrected chi connectivity index (χ1v) is 14.2. The highest BCUT2D eigenvalue weighted by Gasteiger charge is 2.32. The molecule has 4 aromatic rings. The predicted molar refractivity (Wildman–Crippen MR) is 163 cm³/mol. The fourth-order valence-electron chi connectivity index (χ4n) is 4.44. The molecule has 0 unspecified atom stereocenters. The second-order valence-corrected chi connectivity index (χ2v) is 11.0. The van der Waals surface area contributed by atoms with Crippen molar-refractivity contribution in [2.45, 2.75) is 13.8 Å². The Labute approximate surface area is 246 Å². The van der Waals surface area contributed by atoms with E-state index in [9.17, 15) is 9.59 Å². The number of nitrogens with one attached hydrogen (secondary N) is 2. The molecule has 0 atom stereocenters. The average Bonchev–Trinajstić information content (AvgIpc) is 3.64. The van der Waals surface area contributed by atoms with Crippen molar-refractivity contribution in [3.63, 3.8) is 0 Å². The van der Waals surface area contributed by atoms with Crippen molar-refractivity contribution in [1.82, 2.24) is 20.6 Å². The summed E-state index contributed by atoms with van der Waals surface area (Å²) in [6.07, 6.45) is 0. The Hall–Kier alpha value is -3.35. The molecule has 2 amide bonds. The zero-order chi connectivity index (χ0) is 27.5. The van der Waals surface area contributed by atoms with Crippen LogP contribution in [0, 0.1) is 6.92 Å². The molecule has 1 aliphatic rings. The molecule has 0 radical (unpaired) electrons. The normalized spacial score (nSPS) is 13.1. The minimum atomic E-state index is -0.429. The minimum Gasteiger partial charge on any atom is -0.492 e. The van der Waals surface area contributed by atoms with Crippen LogP contribution in [0.2, 0.25) is 0 Å². The number of anilines is 1. The van der Waals surface area contributed by atoms with E-state index in [4.69, 9.17) is 19.4 Å². The van der Waals surface area contributed by atoms with E-state index in [0.717, 1.165) is 49.9 Å². The molecule has 40 heavy (non-hydrogen) atoms. The number of rotatable bonds is 11. The number of carbonyl (C=O) groups excluding carboxylic acids is 2. The number of aryl methyl sites for hydroxylation is 1. The summed E-state index contributed by atoms with van der Waals surface area (Å²) in [5, 5.41) is 8.48. The van der Waals surface area contributed by atoms with Crippen LogP contribution in [0.25, 0.3) is 31.4 Å². The summed E-state index contributed by atoms with van der Waals surface area (Å²) in [4.78, 5) is 39.1. The van der Waals surface area contributed by atoms with E-state index < -0.39 is 5.91 Å². The first-order valence-electron chi connectivity index (χ1n) is 12.5. The molecule has 1 aliphatic heterocycles. The lowest BCUT2D eigenvalue weighted by Crippen LogP contribution is -2.29. The van der Waals surface area contributed by atoms with E-state index >= 15 is 0 Å². The molecule has 210 valence electrons. The maximum Gasteiger partial charge on any atom is 0.275 e. The SMILES string of the molecule is COCCNCCOc1ccc(-c2sc3nc(-c4cccs4)nc(N(C)C4=C(C)C(=O)NC4=O)c3c2C)cc1.Cl. The largest absolute Gasteiger partial charge is 0.492 e. The Morgan fingerprint density at radius 2 is 1.77 bits per heavy atom. The molecule has 4 heterocycles. The average molecular weight is 600 g/mol. The first-order chi connectivity index (χ1) is 18.9. The molecule has 3 aromatic heterocycles. The van der Waals surface area contributed by atoms with Gasteiger partial charge in [-0.1, -0.05) is 6.07 Å². The summed E-state index contributed by atoms with van der Waals surface area (Å²) in [6, 6.07) is 11.9. The number of imide groups is 1. The number of methoxy groups -OCH3 is 1. The second-order valence-electron chi connectivity index (χ2n) is 9.02. The maximum atomic E-state index is 12.7. The van der Waals surface area contributed by atoms with Gasteiger partial charge in [0.05, 0.1) is 16.9 Å². The number of hydrogen-bond acceptors (Lipinski definition) is 10. The maximum absolute atomic E-state index is 12.7. The van der Waals surface area contributed by atoms with Crippen LogP contribution in [-0.4, -0.2) is 62.2 Å². The summed E-state index contributed by atoms with van der Waals surface area (Å²) in [7, 11) is 3.45. The van der Waals surface area contributed by atoms with Crippen LogP contribution in [0.15, 0.2) is 53.0 Å². The van der Waals surface area contributed by atoms with Gasteiger partial charge in [-0.3, -0.25) is 14.9 Å². The summed E-state index contributed by atoms with van der Waals surface area (Å²) in [5.41, 5.74) is 2.71. The van der Waals surface area contributed by atoms with Crippen molar-refractivity contribution in [3.8, 4) is 26.9 Å². The number of carbonyl (C=O) groups is 2. The third-order valence-electron chi connectivity index (χ3n) is 6.45. The number of aromatic nitrogens is 2. The van der Waals surface area contributed by atoms with Gasteiger partial charge in [0.25, 0.3) is 11.8 Å². The highest BCUT2D eigenvalue weighted by molar-refractivity contribution is 7.22. The summed E-state index contributed by atoms with van der Waals surface area (Å²) < 4.78 is 10.9. The molecule has 12 heteroatoms. The number of benzene rings is 1. The lowest BCUT2D eigenvalue weighted by molar-refractivity contribution is -0.124. The van der Waals surface area contributed by atoms with Crippen LogP contribution in [0.5, 0.6) is 5.75 Å². The van der Waals surface area contributed by atoms with E-state index in [-0.39, 0.29) is 18.3 Å². The van der Waals surface area contributed by atoms with E-state index in [1.54, 1.807) is 48.7 Å². The lowest BCUT2D eigenvalue weighted by Gasteiger charge is -2.20. The van der Waals surface area contributed by atoms with Gasteiger partial charge in [0, 0.05) is 37.7 Å². The third-order valence-corrected chi connectivity index (χ3v) is 8.55. The van der Waals surface area contributed by atoms with Crippen molar-refractivity contribution < 1.29 is 19.1 Å². The Morgan fingerprint density at radius 1 is 1.02 bits per heavy atom. The zero-order valence-corrected chi connectivity index (χ0v) is 25.0. The van der Waals surface area contributed by atoms with E-state index in [1.165, 1.54) is 0 Å². The van der Waals surface area contributed by atoms with E-state index in [1.807, 2.05) is 48.7 Å². The molecule has 1 aromatic carbocycles. The number of nitrogens with zero attached hydrogens (tertiary/aromatic N) is 3. The Bertz CT molecular complexity index is 1550. The van der Waals surface area contributed by atoms with E-state index in [0.29, 0.717) is 36.1 Å². The molecular formula is C28H30ClN5O4S2. The van der Waals surface area contributed by atoms with Crippen LogP contribution in [-0.2, 0) is 14.3 Å². The summed E-state index contributed by atoms with van der Waals surface area (Å²) in [6.45, 7) is 6.44. The van der Waals surface area contributed by atoms with Crippen molar-refractivity contribution in [2.24, 2.45) is 0 Å². The van der Waals surface area contributed by atoms with Crippen LogP contribution in [0.1, 0.15) is 12.5 Å². The van der Waals surface area contributed by atoms with Gasteiger partial charge in [0.2, 0.25) is 0 Å². The second kappa shape index (κ2) is 12.9. The van der Waals surface area contributed by atoms with Crippen LogP contribution < -0.4 is 20.3 Å². The van der Waals surface area contributed by atoms with Crippen molar-refractivity contribution in [1.29, 1.82) is 0 Å². The van der Waals surface area contributed by atoms with Crippen LogP contribution in [0.4, 0.5) is 5.82 Å². The van der Waals surface area contributed by atoms with Gasteiger partial charge < -0.3 is 19.7 Å². The number of likely N-dealkylation sites (N-methyl/N-ethyl adjacent to an activating group) is 1. The van der Waals surface area contributed by atoms with Gasteiger partial charge in [-0.15, -0.1) is 35.1 Å². The van der Waals surface area contributed by atoms with Gasteiger partial charge in [-0.25, -0.2) is 9.97 Å². The summed E-state index contributed by atoms with van der Waals surface area (Å²) >= 11 is 3.13. The molecule has 2 N–H and O–H groups in total. The number of ether oxygens (including phenoxy) is 2. The topological polar surface area (TPSA) is 106 Å². The quantitative estimate of drug-likeness (QED) is 0.187. The Balaban J connectivity index is 0.00000370. The molecule has 0 saturated carbocycles. The summed E-state index contributed by atoms with van der Waals surface area (Å²) in [5.74, 6) is 1.15. The zero-order valence-electron chi connectivity index (χ0n) is 22.6. The fourth-order valence-corrected chi connectivity index (χ4v) is 6.28. The number of thiophene rings is 2.